The number of anilines is 1. The molecular formula is C13H12ClN5O. The van der Waals surface area contributed by atoms with E-state index >= 15 is 0 Å². The molecule has 0 aliphatic heterocycles. The second-order valence-corrected chi connectivity index (χ2v) is 4.92. The molecule has 0 aliphatic rings. The number of fused-ring (bicyclic) bond motifs is 1. The van der Waals surface area contributed by atoms with Gasteiger partial charge in [-0.3, -0.25) is 4.79 Å². The molecule has 0 atom stereocenters. The van der Waals surface area contributed by atoms with Gasteiger partial charge in [0, 0.05) is 12.4 Å². The van der Waals surface area contributed by atoms with E-state index in [-0.39, 0.29) is 12.1 Å². The highest BCUT2D eigenvalue weighted by molar-refractivity contribution is 6.31. The normalized spacial score (nSPS) is 11.1. The quantitative estimate of drug-likeness (QED) is 0.775. The Kier molecular flexibility index (Phi) is 2.94. The predicted octanol–water partition coefficient (Wildman–Crippen LogP) is 1.48. The second kappa shape index (κ2) is 4.64. The van der Waals surface area contributed by atoms with Gasteiger partial charge in [-0.05, 0) is 25.1 Å². The van der Waals surface area contributed by atoms with E-state index in [0.29, 0.717) is 22.1 Å². The van der Waals surface area contributed by atoms with Crippen LogP contribution in [0.2, 0.25) is 5.02 Å². The van der Waals surface area contributed by atoms with Crippen LogP contribution in [0, 0.1) is 6.92 Å². The maximum absolute atomic E-state index is 12.3. The lowest BCUT2D eigenvalue weighted by Crippen LogP contribution is -2.22. The maximum Gasteiger partial charge on any atom is 0.276 e. The molecule has 0 amide bonds. The van der Waals surface area contributed by atoms with Gasteiger partial charge in [0.25, 0.3) is 5.56 Å². The van der Waals surface area contributed by atoms with Gasteiger partial charge in [0.1, 0.15) is 11.3 Å². The molecule has 0 aromatic carbocycles. The largest absolute Gasteiger partial charge is 0.384 e. The first-order valence-electron chi connectivity index (χ1n) is 6.01. The number of nitrogen functional groups attached to an aromatic ring is 1. The fourth-order valence-corrected chi connectivity index (χ4v) is 2.21. The Morgan fingerprint density at radius 3 is 2.95 bits per heavy atom. The molecule has 3 rings (SSSR count). The van der Waals surface area contributed by atoms with Crippen LogP contribution in [0.1, 0.15) is 11.4 Å². The zero-order valence-electron chi connectivity index (χ0n) is 10.7. The third kappa shape index (κ3) is 2.14. The van der Waals surface area contributed by atoms with Crippen LogP contribution in [-0.4, -0.2) is 19.2 Å². The lowest BCUT2D eigenvalue weighted by atomic mass is 10.3. The lowest BCUT2D eigenvalue weighted by molar-refractivity contribution is 0.726. The van der Waals surface area contributed by atoms with E-state index in [1.54, 1.807) is 35.1 Å². The molecule has 102 valence electrons. The number of nitrogens with zero attached hydrogens (tertiary/aromatic N) is 4. The predicted molar refractivity (Wildman–Crippen MR) is 77.0 cm³/mol. The van der Waals surface area contributed by atoms with Crippen LogP contribution in [0.5, 0.6) is 0 Å². The van der Waals surface area contributed by atoms with Crippen LogP contribution in [0.4, 0.5) is 5.82 Å². The first-order valence-corrected chi connectivity index (χ1v) is 6.39. The third-order valence-electron chi connectivity index (χ3n) is 2.99. The van der Waals surface area contributed by atoms with Gasteiger partial charge in [0.2, 0.25) is 0 Å². The number of hydrogen-bond donors (Lipinski definition) is 1. The summed E-state index contributed by atoms with van der Waals surface area (Å²) >= 11 is 6.07. The summed E-state index contributed by atoms with van der Waals surface area (Å²) in [6.45, 7) is 2.11. The fourth-order valence-electron chi connectivity index (χ4n) is 2.05. The number of aryl methyl sites for hydroxylation is 1. The smallest absolute Gasteiger partial charge is 0.276 e. The van der Waals surface area contributed by atoms with Gasteiger partial charge in [-0.2, -0.15) is 5.10 Å². The van der Waals surface area contributed by atoms with E-state index in [1.165, 1.54) is 4.57 Å². The summed E-state index contributed by atoms with van der Waals surface area (Å²) in [5.74, 6) is 0.374. The molecule has 2 N–H and O–H groups in total. The van der Waals surface area contributed by atoms with Gasteiger partial charge < -0.3 is 10.3 Å². The van der Waals surface area contributed by atoms with Crippen molar-refractivity contribution in [2.45, 2.75) is 13.5 Å². The molecule has 6 nitrogen and oxygen atoms in total. The monoisotopic (exact) mass is 289 g/mol. The van der Waals surface area contributed by atoms with Crippen LogP contribution >= 0.6 is 11.6 Å². The number of hydrogen-bond acceptors (Lipinski definition) is 4. The van der Waals surface area contributed by atoms with Crippen molar-refractivity contribution in [3.63, 3.8) is 0 Å². The summed E-state index contributed by atoms with van der Waals surface area (Å²) in [6.07, 6.45) is 3.38. The Bertz CT molecular complexity index is 852. The van der Waals surface area contributed by atoms with Gasteiger partial charge in [-0.1, -0.05) is 11.6 Å². The first-order chi connectivity index (χ1) is 9.54. The van der Waals surface area contributed by atoms with Crippen LogP contribution in [0.3, 0.4) is 0 Å². The molecule has 0 saturated heterocycles. The highest BCUT2D eigenvalue weighted by Gasteiger charge is 2.09. The summed E-state index contributed by atoms with van der Waals surface area (Å²) in [4.78, 5) is 16.5. The average Bonchev–Trinajstić information content (AvgIpc) is 2.79. The summed E-state index contributed by atoms with van der Waals surface area (Å²) < 4.78 is 3.09. The number of rotatable bonds is 2. The molecule has 3 aromatic rings. The molecule has 0 radical (unpaired) electrons. The van der Waals surface area contributed by atoms with E-state index in [1.807, 2.05) is 6.92 Å². The topological polar surface area (TPSA) is 78.2 Å². The SMILES string of the molecule is Cc1cc2c(=O)n(Cc3nc(N)ccc3Cl)ccn2n1. The molecule has 0 bridgehead atoms. The molecule has 7 heteroatoms. The van der Waals surface area contributed by atoms with Crippen molar-refractivity contribution < 1.29 is 0 Å². The Morgan fingerprint density at radius 1 is 1.35 bits per heavy atom. The van der Waals surface area contributed by atoms with Gasteiger partial charge in [0.15, 0.2) is 0 Å². The van der Waals surface area contributed by atoms with Crippen LogP contribution < -0.4 is 11.3 Å². The van der Waals surface area contributed by atoms with Crippen molar-refractivity contribution >= 4 is 22.9 Å². The molecule has 0 saturated carbocycles. The van der Waals surface area contributed by atoms with Crippen molar-refractivity contribution in [2.75, 3.05) is 5.73 Å². The Morgan fingerprint density at radius 2 is 2.15 bits per heavy atom. The fraction of sp³-hybridized carbons (Fsp3) is 0.154. The van der Waals surface area contributed by atoms with E-state index in [2.05, 4.69) is 10.1 Å². The maximum atomic E-state index is 12.3. The number of nitrogens with two attached hydrogens (primary N) is 1. The van der Waals surface area contributed by atoms with Gasteiger partial charge in [-0.15, -0.1) is 0 Å². The Hall–Kier alpha value is -2.34. The van der Waals surface area contributed by atoms with Crippen LogP contribution in [0.25, 0.3) is 5.52 Å². The van der Waals surface area contributed by atoms with Crippen LogP contribution in [0.15, 0.2) is 35.4 Å². The van der Waals surface area contributed by atoms with Crippen molar-refractivity contribution in [1.29, 1.82) is 0 Å². The number of halogens is 1. The van der Waals surface area contributed by atoms with Gasteiger partial charge in [-0.25, -0.2) is 9.50 Å². The molecule has 20 heavy (non-hydrogen) atoms. The Labute approximate surface area is 119 Å². The minimum absolute atomic E-state index is 0.145. The van der Waals surface area contributed by atoms with E-state index in [0.717, 1.165) is 5.69 Å². The number of aromatic nitrogens is 4. The molecular weight excluding hydrogens is 278 g/mol. The summed E-state index contributed by atoms with van der Waals surface area (Å²) in [6, 6.07) is 5.04. The zero-order chi connectivity index (χ0) is 14.3. The zero-order valence-corrected chi connectivity index (χ0v) is 11.5. The average molecular weight is 290 g/mol. The van der Waals surface area contributed by atoms with Gasteiger partial charge >= 0.3 is 0 Å². The molecule has 0 fully saturated rings. The summed E-state index contributed by atoms with van der Waals surface area (Å²) in [5.41, 5.74) is 7.37. The second-order valence-electron chi connectivity index (χ2n) is 4.51. The van der Waals surface area contributed by atoms with E-state index < -0.39 is 0 Å². The van der Waals surface area contributed by atoms with Crippen molar-refractivity contribution in [1.82, 2.24) is 19.2 Å². The van der Waals surface area contributed by atoms with Crippen molar-refractivity contribution in [2.24, 2.45) is 0 Å². The van der Waals surface area contributed by atoms with Crippen molar-refractivity contribution in [3.05, 3.63) is 57.4 Å². The lowest BCUT2D eigenvalue weighted by Gasteiger charge is -2.07. The van der Waals surface area contributed by atoms with Gasteiger partial charge in [0.05, 0.1) is 23.0 Å². The third-order valence-corrected chi connectivity index (χ3v) is 3.33. The molecule has 3 heterocycles. The minimum Gasteiger partial charge on any atom is -0.384 e. The van der Waals surface area contributed by atoms with E-state index in [9.17, 15) is 4.79 Å². The number of pyridine rings is 1. The van der Waals surface area contributed by atoms with Crippen molar-refractivity contribution in [3.8, 4) is 0 Å². The molecule has 0 unspecified atom stereocenters. The molecule has 0 spiro atoms. The minimum atomic E-state index is -0.145. The highest BCUT2D eigenvalue weighted by Crippen LogP contribution is 2.16. The molecule has 0 aliphatic carbocycles. The highest BCUT2D eigenvalue weighted by atomic mass is 35.5. The Balaban J connectivity index is 2.09. The first kappa shape index (κ1) is 12.7. The van der Waals surface area contributed by atoms with E-state index in [4.69, 9.17) is 17.3 Å². The molecule has 3 aromatic heterocycles. The summed E-state index contributed by atoms with van der Waals surface area (Å²) in [5, 5.41) is 4.68. The van der Waals surface area contributed by atoms with Crippen LogP contribution in [-0.2, 0) is 6.54 Å². The standard InChI is InChI=1S/C13H12ClN5O/c1-8-6-11-13(20)18(4-5-19(11)17-8)7-10-9(14)2-3-12(15)16-10/h2-6H,7H2,1H3,(H2,15,16). The summed E-state index contributed by atoms with van der Waals surface area (Å²) in [7, 11) is 0.